The maximum atomic E-state index is 10.9. The van der Waals surface area contributed by atoms with Crippen LogP contribution in [-0.2, 0) is 20.2 Å². The van der Waals surface area contributed by atoms with E-state index in [9.17, 15) is 25.9 Å². The standard InChI is InChI=1S/2C11H10O3S.Ca/c2*1-8-6-10(15(12,13)14)7-9-4-2-3-5-11(8)9;/h2*2-7H,1H3,(H,12,13,14);/q;;+2/p-2. The Morgan fingerprint density at radius 3 is 1.23 bits per heavy atom. The summed E-state index contributed by atoms with van der Waals surface area (Å²) in [4.78, 5) is -0.336. The molecule has 0 aliphatic carbocycles. The van der Waals surface area contributed by atoms with E-state index in [1.54, 1.807) is 26.0 Å². The fourth-order valence-corrected chi connectivity index (χ4v) is 4.41. The fourth-order valence-electron chi connectivity index (χ4n) is 3.22. The Morgan fingerprint density at radius 1 is 0.581 bits per heavy atom. The molecule has 0 aliphatic heterocycles. The third-order valence-corrected chi connectivity index (χ3v) is 6.29. The normalized spacial score (nSPS) is 11.5. The molecule has 0 radical (unpaired) electrons. The third kappa shape index (κ3) is 6.26. The molecule has 0 bridgehead atoms. The predicted octanol–water partition coefficient (Wildman–Crippen LogP) is 3.72. The van der Waals surface area contributed by atoms with Crippen LogP contribution in [0.1, 0.15) is 11.1 Å². The van der Waals surface area contributed by atoms with E-state index in [0.717, 1.165) is 32.7 Å². The second-order valence-corrected chi connectivity index (χ2v) is 9.59. The fraction of sp³-hybridized carbons (Fsp3) is 0.0909. The minimum absolute atomic E-state index is 0. The van der Waals surface area contributed by atoms with Crippen LogP contribution >= 0.6 is 0 Å². The van der Waals surface area contributed by atoms with Gasteiger partial charge in [0, 0.05) is 0 Å². The Balaban J connectivity index is 0.000000213. The molecule has 0 atom stereocenters. The number of benzene rings is 4. The van der Waals surface area contributed by atoms with E-state index in [4.69, 9.17) is 0 Å². The van der Waals surface area contributed by atoms with Gasteiger partial charge in [-0.15, -0.1) is 0 Å². The van der Waals surface area contributed by atoms with Crippen LogP contribution in [0.25, 0.3) is 21.5 Å². The van der Waals surface area contributed by atoms with Crippen molar-refractivity contribution in [2.75, 3.05) is 0 Å². The zero-order chi connectivity index (χ0) is 22.1. The minimum Gasteiger partial charge on any atom is -0.744 e. The van der Waals surface area contributed by atoms with Gasteiger partial charge in [0.15, 0.2) is 0 Å². The third-order valence-electron chi connectivity index (χ3n) is 4.66. The van der Waals surface area contributed by atoms with E-state index < -0.39 is 20.2 Å². The summed E-state index contributed by atoms with van der Waals surface area (Å²) >= 11 is 0. The summed E-state index contributed by atoms with van der Waals surface area (Å²) in [5.41, 5.74) is 1.59. The molecular weight excluding hydrogens is 464 g/mol. The first-order valence-electron chi connectivity index (χ1n) is 8.87. The van der Waals surface area contributed by atoms with Gasteiger partial charge in [-0.25, -0.2) is 16.8 Å². The molecule has 4 aromatic carbocycles. The molecule has 0 saturated carbocycles. The maximum Gasteiger partial charge on any atom is 2.00 e. The first kappa shape index (κ1) is 25.7. The molecule has 9 heteroatoms. The quantitative estimate of drug-likeness (QED) is 0.318. The topological polar surface area (TPSA) is 114 Å². The number of fused-ring (bicyclic) bond motifs is 2. The molecule has 4 aromatic rings. The summed E-state index contributed by atoms with van der Waals surface area (Å²) < 4.78 is 65.2. The van der Waals surface area contributed by atoms with Crippen molar-refractivity contribution >= 4 is 79.5 Å². The molecule has 156 valence electrons. The summed E-state index contributed by atoms with van der Waals surface area (Å²) in [6, 6.07) is 20.4. The average Bonchev–Trinajstić information content (AvgIpc) is 2.67. The van der Waals surface area contributed by atoms with Crippen LogP contribution in [0.4, 0.5) is 0 Å². The smallest absolute Gasteiger partial charge is 0.744 e. The Labute approximate surface area is 211 Å². The number of aryl methyl sites for hydroxylation is 2. The van der Waals surface area contributed by atoms with Crippen molar-refractivity contribution in [2.24, 2.45) is 0 Å². The summed E-state index contributed by atoms with van der Waals surface area (Å²) in [7, 11) is -8.73. The molecule has 0 amide bonds. The van der Waals surface area contributed by atoms with Gasteiger partial charge in [-0.2, -0.15) is 0 Å². The van der Waals surface area contributed by atoms with Crippen molar-refractivity contribution in [1.29, 1.82) is 0 Å². The SMILES string of the molecule is Cc1cc(S(=O)(=O)[O-])cc2ccccc12.Cc1cc(S(=O)(=O)[O-])cc2ccccc12.[Ca+2]. The Hall–Kier alpha value is -1.52. The van der Waals surface area contributed by atoms with Gasteiger partial charge in [-0.05, 0) is 70.8 Å². The first-order valence-corrected chi connectivity index (χ1v) is 11.7. The molecule has 0 fully saturated rings. The van der Waals surface area contributed by atoms with Gasteiger partial charge < -0.3 is 9.11 Å². The molecule has 0 N–H and O–H groups in total. The van der Waals surface area contributed by atoms with Gasteiger partial charge in [-0.1, -0.05) is 48.5 Å². The van der Waals surface area contributed by atoms with E-state index in [1.165, 1.54) is 24.3 Å². The van der Waals surface area contributed by atoms with E-state index in [1.807, 2.05) is 36.4 Å². The number of hydrogen-bond acceptors (Lipinski definition) is 6. The van der Waals surface area contributed by atoms with Gasteiger partial charge in [-0.3, -0.25) is 0 Å². The van der Waals surface area contributed by atoms with Crippen molar-refractivity contribution in [3.05, 3.63) is 83.9 Å². The maximum absolute atomic E-state index is 10.9. The Morgan fingerprint density at radius 2 is 0.903 bits per heavy atom. The van der Waals surface area contributed by atoms with Crippen LogP contribution < -0.4 is 0 Å². The molecule has 6 nitrogen and oxygen atoms in total. The van der Waals surface area contributed by atoms with Crippen molar-refractivity contribution in [1.82, 2.24) is 0 Å². The molecule has 0 unspecified atom stereocenters. The second-order valence-electron chi connectivity index (χ2n) is 6.83. The van der Waals surface area contributed by atoms with Gasteiger partial charge in [0.05, 0.1) is 9.79 Å². The largest absolute Gasteiger partial charge is 2.00 e. The summed E-state index contributed by atoms with van der Waals surface area (Å²) in [5, 5.41) is 3.47. The van der Waals surface area contributed by atoms with E-state index >= 15 is 0 Å². The predicted molar refractivity (Wildman–Crippen MR) is 119 cm³/mol. The molecule has 0 saturated heterocycles. The number of hydrogen-bond donors (Lipinski definition) is 0. The van der Waals surface area contributed by atoms with Crippen LogP contribution in [0.3, 0.4) is 0 Å². The molecule has 4 rings (SSSR count). The average molecular weight is 483 g/mol. The van der Waals surface area contributed by atoms with Crippen LogP contribution in [0.15, 0.2) is 82.6 Å². The van der Waals surface area contributed by atoms with Crippen molar-refractivity contribution in [3.63, 3.8) is 0 Å². The van der Waals surface area contributed by atoms with Gasteiger partial charge in [0.25, 0.3) is 0 Å². The van der Waals surface area contributed by atoms with Crippen molar-refractivity contribution < 1.29 is 25.9 Å². The molecule has 0 spiro atoms. The van der Waals surface area contributed by atoms with E-state index in [-0.39, 0.29) is 47.5 Å². The minimum atomic E-state index is -4.37. The van der Waals surface area contributed by atoms with Crippen LogP contribution in [0, 0.1) is 13.8 Å². The summed E-state index contributed by atoms with van der Waals surface area (Å²) in [6.45, 7) is 3.58. The Bertz CT molecular complexity index is 1350. The summed E-state index contributed by atoms with van der Waals surface area (Å²) in [5.74, 6) is 0. The number of rotatable bonds is 2. The molecular formula is C22H18CaO6S2. The van der Waals surface area contributed by atoms with E-state index in [0.29, 0.717) is 0 Å². The molecule has 0 aliphatic rings. The van der Waals surface area contributed by atoms with Gasteiger partial charge >= 0.3 is 37.7 Å². The van der Waals surface area contributed by atoms with Gasteiger partial charge in [0.1, 0.15) is 20.2 Å². The van der Waals surface area contributed by atoms with Crippen LogP contribution in [0.5, 0.6) is 0 Å². The zero-order valence-corrected chi connectivity index (χ0v) is 20.7. The van der Waals surface area contributed by atoms with Crippen LogP contribution in [-0.4, -0.2) is 63.7 Å². The first-order chi connectivity index (χ1) is 14.0. The monoisotopic (exact) mass is 482 g/mol. The Kier molecular flexibility index (Phi) is 8.27. The van der Waals surface area contributed by atoms with Crippen molar-refractivity contribution in [3.8, 4) is 0 Å². The molecule has 31 heavy (non-hydrogen) atoms. The second kappa shape index (κ2) is 9.95. The van der Waals surface area contributed by atoms with Gasteiger partial charge in [0.2, 0.25) is 0 Å². The molecule has 0 heterocycles. The van der Waals surface area contributed by atoms with Crippen LogP contribution in [0.2, 0.25) is 0 Å². The molecule has 0 aromatic heterocycles. The zero-order valence-electron chi connectivity index (χ0n) is 16.9. The van der Waals surface area contributed by atoms with Crippen molar-refractivity contribution in [2.45, 2.75) is 23.6 Å². The summed E-state index contributed by atoms with van der Waals surface area (Å²) in [6.07, 6.45) is 0. The van der Waals surface area contributed by atoms with E-state index in [2.05, 4.69) is 0 Å².